The monoisotopic (exact) mass is 432 g/mol. The minimum Gasteiger partial charge on any atom is -0.378 e. The van der Waals surface area contributed by atoms with E-state index in [4.69, 9.17) is 11.6 Å². The highest BCUT2D eigenvalue weighted by Crippen LogP contribution is 2.22. The van der Waals surface area contributed by atoms with Gasteiger partial charge >= 0.3 is 0 Å². The van der Waals surface area contributed by atoms with E-state index in [1.54, 1.807) is 35.1 Å². The van der Waals surface area contributed by atoms with Crippen LogP contribution < -0.4 is 10.2 Å². The SMILES string of the molecule is CN(C)c1ccc(Cn2nccc2NC(=O)c2cc(Br)ccc2Cl)cc1. The molecule has 1 amide bonds. The van der Waals surface area contributed by atoms with Gasteiger partial charge in [0.1, 0.15) is 5.82 Å². The second-order valence-electron chi connectivity index (χ2n) is 6.01. The molecule has 0 aliphatic carbocycles. The molecule has 1 N–H and O–H groups in total. The minimum absolute atomic E-state index is 0.277. The standard InChI is InChI=1S/C19H18BrClN4O/c1-24(2)15-6-3-13(4-7-15)12-25-18(9-10-22-25)23-19(26)16-11-14(20)5-8-17(16)21/h3-11H,12H2,1-2H3,(H,23,26). The fourth-order valence-corrected chi connectivity index (χ4v) is 3.06. The molecule has 0 unspecified atom stereocenters. The van der Waals surface area contributed by atoms with Crippen LogP contribution in [0.2, 0.25) is 5.02 Å². The molecule has 5 nitrogen and oxygen atoms in total. The van der Waals surface area contributed by atoms with Crippen molar-refractivity contribution in [2.45, 2.75) is 6.54 Å². The van der Waals surface area contributed by atoms with E-state index in [9.17, 15) is 4.79 Å². The van der Waals surface area contributed by atoms with Gasteiger partial charge < -0.3 is 10.2 Å². The molecule has 0 saturated carbocycles. The molecule has 26 heavy (non-hydrogen) atoms. The molecule has 3 rings (SSSR count). The van der Waals surface area contributed by atoms with Gasteiger partial charge in [-0.1, -0.05) is 39.7 Å². The van der Waals surface area contributed by atoms with Gasteiger partial charge in [-0.15, -0.1) is 0 Å². The van der Waals surface area contributed by atoms with Crippen molar-refractivity contribution in [1.29, 1.82) is 0 Å². The molecule has 0 aliphatic rings. The van der Waals surface area contributed by atoms with Crippen molar-refractivity contribution in [3.63, 3.8) is 0 Å². The number of hydrogen-bond acceptors (Lipinski definition) is 3. The normalized spacial score (nSPS) is 10.6. The molecule has 134 valence electrons. The van der Waals surface area contributed by atoms with Crippen molar-refractivity contribution < 1.29 is 4.79 Å². The topological polar surface area (TPSA) is 50.2 Å². The first-order valence-electron chi connectivity index (χ1n) is 7.98. The van der Waals surface area contributed by atoms with Crippen LogP contribution in [0, 0.1) is 0 Å². The van der Waals surface area contributed by atoms with Crippen molar-refractivity contribution >= 4 is 44.9 Å². The molecule has 0 bridgehead atoms. The van der Waals surface area contributed by atoms with E-state index in [0.29, 0.717) is 22.9 Å². The molecule has 0 spiro atoms. The number of aromatic nitrogens is 2. The third-order valence-electron chi connectivity index (χ3n) is 3.92. The Morgan fingerprint density at radius 3 is 2.62 bits per heavy atom. The molecule has 1 heterocycles. The number of benzene rings is 2. The first kappa shape index (κ1) is 18.5. The second-order valence-corrected chi connectivity index (χ2v) is 7.34. The smallest absolute Gasteiger partial charge is 0.258 e. The number of anilines is 2. The Labute approximate surface area is 165 Å². The number of carbonyl (C=O) groups is 1. The fraction of sp³-hybridized carbons (Fsp3) is 0.158. The van der Waals surface area contributed by atoms with Crippen molar-refractivity contribution in [2.24, 2.45) is 0 Å². The number of rotatable bonds is 5. The summed E-state index contributed by atoms with van der Waals surface area (Å²) in [6.07, 6.45) is 1.66. The molecule has 3 aromatic rings. The molecule has 0 saturated heterocycles. The summed E-state index contributed by atoms with van der Waals surface area (Å²) in [5.41, 5.74) is 2.63. The highest BCUT2D eigenvalue weighted by Gasteiger charge is 2.13. The highest BCUT2D eigenvalue weighted by atomic mass is 79.9. The Morgan fingerprint density at radius 2 is 1.92 bits per heavy atom. The van der Waals surface area contributed by atoms with Crippen LogP contribution in [0.4, 0.5) is 11.5 Å². The Kier molecular flexibility index (Phi) is 5.64. The highest BCUT2D eigenvalue weighted by molar-refractivity contribution is 9.10. The Morgan fingerprint density at radius 1 is 1.19 bits per heavy atom. The van der Waals surface area contributed by atoms with Gasteiger partial charge in [0.2, 0.25) is 0 Å². The lowest BCUT2D eigenvalue weighted by Gasteiger charge is -2.13. The van der Waals surface area contributed by atoms with Crippen LogP contribution in [-0.4, -0.2) is 29.8 Å². The van der Waals surface area contributed by atoms with Gasteiger partial charge in [0.25, 0.3) is 5.91 Å². The van der Waals surface area contributed by atoms with Crippen LogP contribution in [0.5, 0.6) is 0 Å². The lowest BCUT2D eigenvalue weighted by molar-refractivity contribution is 0.102. The number of halogens is 2. The molecular formula is C19H18BrClN4O. The maximum Gasteiger partial charge on any atom is 0.258 e. The van der Waals surface area contributed by atoms with Gasteiger partial charge in [0.15, 0.2) is 0 Å². The van der Waals surface area contributed by atoms with E-state index < -0.39 is 0 Å². The van der Waals surface area contributed by atoms with E-state index in [2.05, 4.69) is 38.5 Å². The second kappa shape index (κ2) is 7.93. The molecule has 1 aromatic heterocycles. The Bertz CT molecular complexity index is 922. The third-order valence-corrected chi connectivity index (χ3v) is 4.74. The van der Waals surface area contributed by atoms with E-state index in [1.165, 1.54) is 0 Å². The number of carbonyl (C=O) groups excluding carboxylic acids is 1. The van der Waals surface area contributed by atoms with Crippen molar-refractivity contribution in [3.8, 4) is 0 Å². The van der Waals surface area contributed by atoms with Crippen LogP contribution in [0.25, 0.3) is 0 Å². The van der Waals surface area contributed by atoms with Crippen LogP contribution in [-0.2, 0) is 6.54 Å². The molecule has 0 fully saturated rings. The van der Waals surface area contributed by atoms with E-state index >= 15 is 0 Å². The summed E-state index contributed by atoms with van der Waals surface area (Å²) in [6, 6.07) is 15.1. The quantitative estimate of drug-likeness (QED) is 0.636. The first-order valence-corrected chi connectivity index (χ1v) is 9.15. The summed E-state index contributed by atoms with van der Waals surface area (Å²) < 4.78 is 2.54. The van der Waals surface area contributed by atoms with Crippen molar-refractivity contribution in [3.05, 3.63) is 75.4 Å². The minimum atomic E-state index is -0.277. The van der Waals surface area contributed by atoms with Gasteiger partial charge in [-0.3, -0.25) is 4.79 Å². The average Bonchev–Trinajstić information content (AvgIpc) is 3.04. The summed E-state index contributed by atoms with van der Waals surface area (Å²) >= 11 is 9.49. The van der Waals surface area contributed by atoms with E-state index in [0.717, 1.165) is 15.7 Å². The number of nitrogens with zero attached hydrogens (tertiary/aromatic N) is 3. The van der Waals surface area contributed by atoms with Crippen molar-refractivity contribution in [1.82, 2.24) is 9.78 Å². The number of hydrogen-bond donors (Lipinski definition) is 1. The zero-order valence-electron chi connectivity index (χ0n) is 14.4. The van der Waals surface area contributed by atoms with Gasteiger partial charge in [-0.05, 0) is 35.9 Å². The van der Waals surface area contributed by atoms with Crippen LogP contribution in [0.1, 0.15) is 15.9 Å². The predicted octanol–water partition coefficient (Wildman–Crippen LogP) is 4.67. The summed E-state index contributed by atoms with van der Waals surface area (Å²) in [5, 5.41) is 7.58. The lowest BCUT2D eigenvalue weighted by Crippen LogP contribution is -2.16. The largest absolute Gasteiger partial charge is 0.378 e. The van der Waals surface area contributed by atoms with Crippen LogP contribution in [0.3, 0.4) is 0 Å². The number of nitrogens with one attached hydrogen (secondary N) is 1. The fourth-order valence-electron chi connectivity index (χ4n) is 2.49. The van der Waals surface area contributed by atoms with Gasteiger partial charge in [0, 0.05) is 30.3 Å². The molecule has 0 aliphatic heterocycles. The van der Waals surface area contributed by atoms with Gasteiger partial charge in [-0.2, -0.15) is 5.10 Å². The summed E-state index contributed by atoms with van der Waals surface area (Å²) in [6.45, 7) is 0.558. The molecule has 0 atom stereocenters. The average molecular weight is 434 g/mol. The van der Waals surface area contributed by atoms with E-state index in [1.807, 2.05) is 31.1 Å². The maximum absolute atomic E-state index is 12.5. The Hall–Kier alpha value is -2.31. The molecular weight excluding hydrogens is 416 g/mol. The summed E-state index contributed by atoms with van der Waals surface area (Å²) in [5.74, 6) is 0.337. The zero-order valence-corrected chi connectivity index (χ0v) is 16.8. The Balaban J connectivity index is 1.76. The van der Waals surface area contributed by atoms with Gasteiger partial charge in [0.05, 0.1) is 23.3 Å². The third kappa shape index (κ3) is 4.26. The first-order chi connectivity index (χ1) is 12.4. The zero-order chi connectivity index (χ0) is 18.7. The van der Waals surface area contributed by atoms with Crippen LogP contribution >= 0.6 is 27.5 Å². The molecule has 0 radical (unpaired) electrons. The summed E-state index contributed by atoms with van der Waals surface area (Å²) in [7, 11) is 4.01. The van der Waals surface area contributed by atoms with Crippen molar-refractivity contribution in [2.75, 3.05) is 24.3 Å². The number of amides is 1. The lowest BCUT2D eigenvalue weighted by atomic mass is 10.2. The predicted molar refractivity (Wildman–Crippen MR) is 109 cm³/mol. The molecule has 2 aromatic carbocycles. The van der Waals surface area contributed by atoms with E-state index in [-0.39, 0.29) is 5.91 Å². The van der Waals surface area contributed by atoms with Gasteiger partial charge in [-0.25, -0.2) is 4.68 Å². The molecule has 7 heteroatoms. The maximum atomic E-state index is 12.5. The van der Waals surface area contributed by atoms with Crippen LogP contribution in [0.15, 0.2) is 59.2 Å². The summed E-state index contributed by atoms with van der Waals surface area (Å²) in [4.78, 5) is 14.6.